The van der Waals surface area contributed by atoms with Crippen LogP contribution in [-0.2, 0) is 4.79 Å². The van der Waals surface area contributed by atoms with Gasteiger partial charge in [0, 0.05) is 60.4 Å². The first-order valence-electron chi connectivity index (χ1n) is 16.9. The van der Waals surface area contributed by atoms with Gasteiger partial charge in [-0.2, -0.15) is 15.2 Å². The number of halogens is 3. The summed E-state index contributed by atoms with van der Waals surface area (Å²) in [7, 11) is 0. The number of likely N-dealkylation sites (tertiary alicyclic amines) is 1. The molecule has 5 fully saturated rings. The lowest BCUT2D eigenvalue weighted by molar-refractivity contribution is -0.129. The van der Waals surface area contributed by atoms with Crippen LogP contribution in [0.3, 0.4) is 0 Å². The van der Waals surface area contributed by atoms with Gasteiger partial charge in [0.15, 0.2) is 5.82 Å². The number of benzene rings is 2. The van der Waals surface area contributed by atoms with E-state index in [1.807, 2.05) is 11.8 Å². The van der Waals surface area contributed by atoms with Crippen LogP contribution in [0, 0.1) is 34.8 Å². The van der Waals surface area contributed by atoms with Gasteiger partial charge in [0.05, 0.1) is 20.8 Å². The molecule has 254 valence electrons. The fraction of sp³-hybridized carbons (Fsp3) is 0.486. The standard InChI is InChI=1S/C35H35ClF2N8O2S/c1-17-28(41-17)33(47)45-14-18-12-44(13-19(18)15-45)32-21-10-23(36)26(20-4-5-24(37)30-25(20)22(11-39)31(40)49-30)27(38)29(21)42-34(43-32)48-16-35-6-2-8-46(35)9-3-7-35/h4-5,10,17-19,28,41H,2-3,6-9,12-16,40H2,1H3/t17-,18?,19?,28+/m0/s1. The van der Waals surface area contributed by atoms with Crippen LogP contribution in [0.1, 0.15) is 38.2 Å². The lowest BCUT2D eigenvalue weighted by atomic mass is 9.95. The second-order valence-electron chi connectivity index (χ2n) is 14.3. The zero-order chi connectivity index (χ0) is 33.8. The predicted molar refractivity (Wildman–Crippen MR) is 185 cm³/mol. The van der Waals surface area contributed by atoms with Crippen molar-refractivity contribution < 1.29 is 18.3 Å². The van der Waals surface area contributed by atoms with E-state index in [0.29, 0.717) is 44.0 Å². The third kappa shape index (κ3) is 4.86. The zero-order valence-corrected chi connectivity index (χ0v) is 28.5. The first kappa shape index (κ1) is 31.2. The molecule has 5 saturated heterocycles. The van der Waals surface area contributed by atoms with Gasteiger partial charge >= 0.3 is 6.01 Å². The average molecular weight is 705 g/mol. The van der Waals surface area contributed by atoms with Gasteiger partial charge in [-0.25, -0.2) is 8.78 Å². The fourth-order valence-corrected chi connectivity index (χ4v) is 10.2. The van der Waals surface area contributed by atoms with Gasteiger partial charge in [0.1, 0.15) is 40.9 Å². The summed E-state index contributed by atoms with van der Waals surface area (Å²) in [6, 6.07) is 6.60. The van der Waals surface area contributed by atoms with Crippen molar-refractivity contribution in [3.63, 3.8) is 0 Å². The van der Waals surface area contributed by atoms with Gasteiger partial charge in [0.2, 0.25) is 5.91 Å². The van der Waals surface area contributed by atoms with Gasteiger partial charge in [-0.05, 0) is 63.4 Å². The molecule has 14 heteroatoms. The smallest absolute Gasteiger partial charge is 0.319 e. The summed E-state index contributed by atoms with van der Waals surface area (Å²) in [6.07, 6.45) is 4.29. The molecule has 7 heterocycles. The molecule has 0 bridgehead atoms. The maximum atomic E-state index is 17.1. The van der Waals surface area contributed by atoms with Crippen molar-refractivity contribution in [3.05, 3.63) is 40.4 Å². The van der Waals surface area contributed by atoms with E-state index in [9.17, 15) is 14.4 Å². The number of anilines is 2. The molecule has 1 amide bonds. The highest BCUT2D eigenvalue weighted by Gasteiger charge is 2.48. The quantitative estimate of drug-likeness (QED) is 0.261. The Hall–Kier alpha value is -3.83. The Morgan fingerprint density at radius 3 is 2.57 bits per heavy atom. The van der Waals surface area contributed by atoms with Gasteiger partial charge in [0.25, 0.3) is 0 Å². The summed E-state index contributed by atoms with van der Waals surface area (Å²) in [5.41, 5.74) is 6.42. The largest absolute Gasteiger partial charge is 0.461 e. The third-order valence-corrected chi connectivity index (χ3v) is 12.8. The minimum Gasteiger partial charge on any atom is -0.461 e. The molecule has 2 unspecified atom stereocenters. The van der Waals surface area contributed by atoms with E-state index in [2.05, 4.69) is 26.2 Å². The van der Waals surface area contributed by atoms with E-state index < -0.39 is 11.6 Å². The number of aromatic nitrogens is 2. The molecule has 0 radical (unpaired) electrons. The van der Waals surface area contributed by atoms with Crippen LogP contribution in [0.25, 0.3) is 32.1 Å². The number of nitrogens with zero attached hydrogens (tertiary/aromatic N) is 6. The van der Waals surface area contributed by atoms with E-state index in [1.54, 1.807) is 6.07 Å². The predicted octanol–water partition coefficient (Wildman–Crippen LogP) is 5.16. The highest BCUT2D eigenvalue weighted by Crippen LogP contribution is 2.47. The number of nitriles is 1. The number of nitrogen functional groups attached to an aromatic ring is 1. The van der Waals surface area contributed by atoms with E-state index in [4.69, 9.17) is 27.1 Å². The SMILES string of the molecule is C[C@@H]1N[C@H]1C(=O)N1CC2CN(c3nc(OCC45CCCN4CCC5)nc4c(F)c(-c5ccc(F)c6sc(N)c(C#N)c56)c(Cl)cc34)CC2C1. The number of carbonyl (C=O) groups excluding carboxylic acids is 1. The molecule has 9 rings (SSSR count). The van der Waals surface area contributed by atoms with Crippen molar-refractivity contribution in [2.75, 3.05) is 56.5 Å². The average Bonchev–Trinajstić information content (AvgIpc) is 3.59. The Kier molecular flexibility index (Phi) is 7.22. The van der Waals surface area contributed by atoms with Crippen LogP contribution in [0.2, 0.25) is 5.02 Å². The summed E-state index contributed by atoms with van der Waals surface area (Å²) in [5, 5.41) is 14.0. The molecule has 4 atom stereocenters. The summed E-state index contributed by atoms with van der Waals surface area (Å²) < 4.78 is 38.5. The fourth-order valence-electron chi connectivity index (χ4n) is 8.94. The Bertz CT molecular complexity index is 2080. The van der Waals surface area contributed by atoms with Crippen molar-refractivity contribution >= 4 is 60.7 Å². The maximum absolute atomic E-state index is 17.1. The molecular formula is C35H35ClF2N8O2S. The number of nitrogens with one attached hydrogen (secondary N) is 1. The minimum absolute atomic E-state index is 0.00998. The second kappa shape index (κ2) is 11.3. The van der Waals surface area contributed by atoms with Crippen LogP contribution in [0.5, 0.6) is 6.01 Å². The second-order valence-corrected chi connectivity index (χ2v) is 15.8. The first-order chi connectivity index (χ1) is 23.7. The summed E-state index contributed by atoms with van der Waals surface area (Å²) in [5.74, 6) is -0.0706. The third-order valence-electron chi connectivity index (χ3n) is 11.5. The van der Waals surface area contributed by atoms with E-state index in [1.165, 1.54) is 12.1 Å². The molecule has 0 saturated carbocycles. The molecule has 0 spiro atoms. The van der Waals surface area contributed by atoms with Crippen LogP contribution < -0.4 is 20.7 Å². The molecule has 0 aliphatic carbocycles. The number of nitrogens with two attached hydrogens (primary N) is 1. The molecule has 10 nitrogen and oxygen atoms in total. The Labute approximate surface area is 290 Å². The van der Waals surface area contributed by atoms with Crippen molar-refractivity contribution in [1.82, 2.24) is 25.1 Å². The number of rotatable bonds is 6. The normalized spacial score (nSPS) is 25.7. The molecule has 3 N–H and O–H groups in total. The number of hydrogen-bond acceptors (Lipinski definition) is 10. The monoisotopic (exact) mass is 704 g/mol. The highest BCUT2D eigenvalue weighted by atomic mass is 35.5. The number of carbonyl (C=O) groups is 1. The Morgan fingerprint density at radius 1 is 1.18 bits per heavy atom. The van der Waals surface area contributed by atoms with Gasteiger partial charge < -0.3 is 20.3 Å². The van der Waals surface area contributed by atoms with Gasteiger partial charge in [-0.3, -0.25) is 15.0 Å². The lowest BCUT2D eigenvalue weighted by Gasteiger charge is -2.31. The van der Waals surface area contributed by atoms with Crippen LogP contribution in [0.4, 0.5) is 19.6 Å². The molecule has 4 aromatic rings. The van der Waals surface area contributed by atoms with Crippen molar-refractivity contribution in [1.29, 1.82) is 5.26 Å². The van der Waals surface area contributed by atoms with Crippen LogP contribution >= 0.6 is 22.9 Å². The Morgan fingerprint density at radius 2 is 1.90 bits per heavy atom. The summed E-state index contributed by atoms with van der Waals surface area (Å²) >= 11 is 7.85. The number of thiophene rings is 1. The van der Waals surface area contributed by atoms with Crippen molar-refractivity contribution in [2.24, 2.45) is 11.8 Å². The number of fused-ring (bicyclic) bond motifs is 4. The van der Waals surface area contributed by atoms with E-state index in [-0.39, 0.29) is 83.7 Å². The maximum Gasteiger partial charge on any atom is 0.319 e. The van der Waals surface area contributed by atoms with E-state index in [0.717, 1.165) is 50.1 Å². The summed E-state index contributed by atoms with van der Waals surface area (Å²) in [4.78, 5) is 29.1. The van der Waals surface area contributed by atoms with Crippen LogP contribution in [0.15, 0.2) is 18.2 Å². The van der Waals surface area contributed by atoms with E-state index >= 15 is 4.39 Å². The number of ether oxygens (including phenoxy) is 1. The zero-order valence-electron chi connectivity index (χ0n) is 26.9. The van der Waals surface area contributed by atoms with Crippen molar-refractivity contribution in [2.45, 2.75) is 50.2 Å². The number of amides is 1. The minimum atomic E-state index is -0.707. The molecule has 5 aliphatic heterocycles. The highest BCUT2D eigenvalue weighted by molar-refractivity contribution is 7.23. The molecule has 49 heavy (non-hydrogen) atoms. The van der Waals surface area contributed by atoms with Crippen LogP contribution in [-0.4, -0.2) is 89.2 Å². The Balaban J connectivity index is 1.13. The van der Waals surface area contributed by atoms with Gasteiger partial charge in [-0.15, -0.1) is 11.3 Å². The van der Waals surface area contributed by atoms with Crippen molar-refractivity contribution in [3.8, 4) is 23.2 Å². The first-order valence-corrected chi connectivity index (χ1v) is 18.1. The molecular weight excluding hydrogens is 670 g/mol. The molecule has 2 aromatic heterocycles. The molecule has 5 aliphatic rings. The number of hydrogen-bond donors (Lipinski definition) is 2. The lowest BCUT2D eigenvalue weighted by Crippen LogP contribution is -2.43. The summed E-state index contributed by atoms with van der Waals surface area (Å²) in [6.45, 7) is 7.13. The topological polar surface area (TPSA) is 134 Å². The molecule has 2 aromatic carbocycles. The van der Waals surface area contributed by atoms with Gasteiger partial charge in [-0.1, -0.05) is 17.7 Å².